The highest BCUT2D eigenvalue weighted by atomic mass is 19.3. The Bertz CT molecular complexity index is 170. The second-order valence-corrected chi connectivity index (χ2v) is 2.10. The molecule has 0 radical (unpaired) electrons. The smallest absolute Gasteiger partial charge is 0.240 e. The van der Waals surface area contributed by atoms with E-state index in [4.69, 9.17) is 0 Å². The lowest BCUT2D eigenvalue weighted by atomic mass is 10.4. The number of aromatic nitrogens is 1. The Morgan fingerprint density at radius 3 is 2.30 bits per heavy atom. The van der Waals surface area contributed by atoms with E-state index in [0.717, 1.165) is 0 Å². The van der Waals surface area contributed by atoms with Crippen LogP contribution in [0.3, 0.4) is 0 Å². The summed E-state index contributed by atoms with van der Waals surface area (Å²) in [5.74, 6) is 0. The molecule has 0 aliphatic heterocycles. The fourth-order valence-corrected chi connectivity index (χ4v) is 0.766. The van der Waals surface area contributed by atoms with Crippen LogP contribution in [0.5, 0.6) is 0 Å². The Morgan fingerprint density at radius 1 is 1.20 bits per heavy atom. The van der Waals surface area contributed by atoms with Gasteiger partial charge in [0.25, 0.3) is 0 Å². The molecular weight excluding hydrogens is 136 g/mol. The van der Waals surface area contributed by atoms with Crippen molar-refractivity contribution in [1.82, 2.24) is 4.57 Å². The van der Waals surface area contributed by atoms with E-state index >= 15 is 0 Å². The van der Waals surface area contributed by atoms with E-state index in [9.17, 15) is 8.78 Å². The molecule has 0 saturated heterocycles. The number of nitrogens with zero attached hydrogens (tertiary/aromatic N) is 1. The Labute approximate surface area is 58.3 Å². The molecular formula is C7H9F2N. The fraction of sp³-hybridized carbons (Fsp3) is 0.429. The highest BCUT2D eigenvalue weighted by molar-refractivity contribution is 4.89. The van der Waals surface area contributed by atoms with Gasteiger partial charge in [0.2, 0.25) is 6.43 Å². The largest absolute Gasteiger partial charge is 0.354 e. The molecule has 0 saturated carbocycles. The Kier molecular flexibility index (Phi) is 2.42. The minimum absolute atomic E-state index is 0.0608. The van der Waals surface area contributed by atoms with Crippen molar-refractivity contribution < 1.29 is 8.78 Å². The number of hydrogen-bond donors (Lipinski definition) is 0. The lowest BCUT2D eigenvalue weighted by molar-refractivity contribution is 0.131. The van der Waals surface area contributed by atoms with Crippen molar-refractivity contribution in [2.45, 2.75) is 19.4 Å². The second kappa shape index (κ2) is 3.34. The predicted octanol–water partition coefficient (Wildman–Crippen LogP) is 2.14. The van der Waals surface area contributed by atoms with Crippen molar-refractivity contribution in [3.8, 4) is 0 Å². The van der Waals surface area contributed by atoms with E-state index in [1.54, 1.807) is 17.0 Å². The van der Waals surface area contributed by atoms with Gasteiger partial charge in [0.1, 0.15) is 0 Å². The molecule has 0 N–H and O–H groups in total. The molecule has 1 heterocycles. The van der Waals surface area contributed by atoms with Gasteiger partial charge in [-0.2, -0.15) is 0 Å². The summed E-state index contributed by atoms with van der Waals surface area (Å²) in [6.07, 6.45) is 1.31. The molecule has 10 heavy (non-hydrogen) atoms. The Hall–Kier alpha value is -0.860. The maximum Gasteiger partial charge on any atom is 0.240 e. The second-order valence-electron chi connectivity index (χ2n) is 2.10. The molecule has 0 spiro atoms. The van der Waals surface area contributed by atoms with E-state index < -0.39 is 6.43 Å². The van der Waals surface area contributed by atoms with Crippen molar-refractivity contribution in [2.75, 3.05) is 0 Å². The third-order valence-electron chi connectivity index (χ3n) is 1.27. The predicted molar refractivity (Wildman–Crippen MR) is 35.1 cm³/mol. The average molecular weight is 145 g/mol. The van der Waals surface area contributed by atoms with Gasteiger partial charge in [0.15, 0.2) is 0 Å². The first kappa shape index (κ1) is 7.25. The highest BCUT2D eigenvalue weighted by Crippen LogP contribution is 2.01. The van der Waals surface area contributed by atoms with Crippen molar-refractivity contribution in [3.05, 3.63) is 24.5 Å². The minimum Gasteiger partial charge on any atom is -0.354 e. The molecule has 1 rings (SSSR count). The monoisotopic (exact) mass is 145 g/mol. The van der Waals surface area contributed by atoms with Gasteiger partial charge in [-0.1, -0.05) is 0 Å². The lowest BCUT2D eigenvalue weighted by Gasteiger charge is -1.99. The van der Waals surface area contributed by atoms with Crippen molar-refractivity contribution >= 4 is 0 Å². The van der Waals surface area contributed by atoms with Crippen LogP contribution in [0.25, 0.3) is 0 Å². The van der Waals surface area contributed by atoms with Crippen LogP contribution in [0.1, 0.15) is 6.42 Å². The maximum absolute atomic E-state index is 11.6. The first-order valence-electron chi connectivity index (χ1n) is 3.18. The topological polar surface area (TPSA) is 4.93 Å². The zero-order valence-electron chi connectivity index (χ0n) is 5.50. The molecule has 1 aromatic heterocycles. The molecule has 0 amide bonds. The normalized spacial score (nSPS) is 10.7. The molecule has 0 aromatic carbocycles. The lowest BCUT2D eigenvalue weighted by Crippen LogP contribution is -1.99. The summed E-state index contributed by atoms with van der Waals surface area (Å²) in [7, 11) is 0. The van der Waals surface area contributed by atoms with Crippen molar-refractivity contribution in [2.24, 2.45) is 0 Å². The van der Waals surface area contributed by atoms with Crippen molar-refractivity contribution in [1.29, 1.82) is 0 Å². The minimum atomic E-state index is -2.19. The zero-order chi connectivity index (χ0) is 7.40. The van der Waals surface area contributed by atoms with Crippen LogP contribution in [0.4, 0.5) is 8.78 Å². The number of rotatable bonds is 3. The third kappa shape index (κ3) is 2.17. The van der Waals surface area contributed by atoms with Gasteiger partial charge in [-0.05, 0) is 12.1 Å². The maximum atomic E-state index is 11.6. The SMILES string of the molecule is FC(F)CCn1cccc1. The fourth-order valence-electron chi connectivity index (χ4n) is 0.766. The summed E-state index contributed by atoms with van der Waals surface area (Å²) in [6.45, 7) is 0.407. The van der Waals surface area contributed by atoms with Crippen LogP contribution in [0.15, 0.2) is 24.5 Å². The van der Waals surface area contributed by atoms with Crippen LogP contribution in [0.2, 0.25) is 0 Å². The van der Waals surface area contributed by atoms with Crippen LogP contribution < -0.4 is 0 Å². The standard InChI is InChI=1S/C7H9F2N/c8-7(9)3-6-10-4-1-2-5-10/h1-2,4-5,7H,3,6H2. The van der Waals surface area contributed by atoms with Gasteiger partial charge in [-0.3, -0.25) is 0 Å². The molecule has 0 fully saturated rings. The van der Waals surface area contributed by atoms with Crippen LogP contribution in [-0.2, 0) is 6.54 Å². The first-order chi connectivity index (χ1) is 4.79. The highest BCUT2D eigenvalue weighted by Gasteiger charge is 2.00. The third-order valence-corrected chi connectivity index (χ3v) is 1.27. The molecule has 0 atom stereocenters. The number of alkyl halides is 2. The summed E-state index contributed by atoms with van der Waals surface area (Å²) in [6, 6.07) is 3.65. The van der Waals surface area contributed by atoms with E-state index in [1.807, 2.05) is 12.1 Å². The molecule has 0 unspecified atom stereocenters. The van der Waals surface area contributed by atoms with Crippen LogP contribution >= 0.6 is 0 Å². The van der Waals surface area contributed by atoms with E-state index in [1.165, 1.54) is 0 Å². The van der Waals surface area contributed by atoms with Gasteiger partial charge in [-0.25, -0.2) is 8.78 Å². The number of hydrogen-bond acceptors (Lipinski definition) is 0. The van der Waals surface area contributed by atoms with Gasteiger partial charge in [0.05, 0.1) is 0 Å². The number of halogens is 2. The molecule has 1 aromatic rings. The molecule has 0 aliphatic carbocycles. The Balaban J connectivity index is 2.28. The summed E-state index contributed by atoms with van der Waals surface area (Å²) < 4.78 is 25.0. The number of aryl methyl sites for hydroxylation is 1. The van der Waals surface area contributed by atoms with Gasteiger partial charge < -0.3 is 4.57 Å². The van der Waals surface area contributed by atoms with Crippen molar-refractivity contribution in [3.63, 3.8) is 0 Å². The van der Waals surface area contributed by atoms with E-state index in [0.29, 0.717) is 6.54 Å². The zero-order valence-corrected chi connectivity index (χ0v) is 5.50. The molecule has 3 heteroatoms. The van der Waals surface area contributed by atoms with Gasteiger partial charge >= 0.3 is 0 Å². The summed E-state index contributed by atoms with van der Waals surface area (Å²) >= 11 is 0. The quantitative estimate of drug-likeness (QED) is 0.614. The molecule has 0 bridgehead atoms. The Morgan fingerprint density at radius 2 is 1.80 bits per heavy atom. The summed E-state index contributed by atoms with van der Waals surface area (Å²) in [5.41, 5.74) is 0. The summed E-state index contributed by atoms with van der Waals surface area (Å²) in [5, 5.41) is 0. The molecule has 1 nitrogen and oxygen atoms in total. The molecule has 56 valence electrons. The van der Waals surface area contributed by atoms with Crippen LogP contribution in [0, 0.1) is 0 Å². The van der Waals surface area contributed by atoms with Crippen LogP contribution in [-0.4, -0.2) is 11.0 Å². The summed E-state index contributed by atoms with van der Waals surface area (Å²) in [4.78, 5) is 0. The van der Waals surface area contributed by atoms with Gasteiger partial charge in [-0.15, -0.1) is 0 Å². The van der Waals surface area contributed by atoms with E-state index in [2.05, 4.69) is 0 Å². The first-order valence-corrected chi connectivity index (χ1v) is 3.18. The van der Waals surface area contributed by atoms with E-state index in [-0.39, 0.29) is 6.42 Å². The molecule has 0 aliphatic rings. The van der Waals surface area contributed by atoms with Gasteiger partial charge in [0, 0.05) is 25.4 Å². The average Bonchev–Trinajstić information content (AvgIpc) is 2.34.